The lowest BCUT2D eigenvalue weighted by molar-refractivity contribution is -0.124. The Labute approximate surface area is 214 Å². The molecule has 0 radical (unpaired) electrons. The third-order valence-corrected chi connectivity index (χ3v) is 8.05. The highest BCUT2D eigenvalue weighted by molar-refractivity contribution is 7.22. The number of fused-ring (bicyclic) bond motifs is 1. The zero-order valence-electron chi connectivity index (χ0n) is 19.8. The fraction of sp³-hybridized carbons (Fsp3) is 0.370. The maximum absolute atomic E-state index is 14.4. The van der Waals surface area contributed by atoms with Crippen molar-refractivity contribution in [3.05, 3.63) is 71.8 Å². The molecule has 5 rings (SSSR count). The van der Waals surface area contributed by atoms with Crippen LogP contribution in [0.3, 0.4) is 0 Å². The van der Waals surface area contributed by atoms with Gasteiger partial charge in [0.25, 0.3) is 0 Å². The third-order valence-electron chi connectivity index (χ3n) is 6.76. The van der Waals surface area contributed by atoms with Crippen molar-refractivity contribution in [1.82, 2.24) is 14.5 Å². The van der Waals surface area contributed by atoms with Gasteiger partial charge in [0.1, 0.15) is 5.75 Å². The van der Waals surface area contributed by atoms with Crippen molar-refractivity contribution in [3.8, 4) is 5.75 Å². The van der Waals surface area contributed by atoms with E-state index >= 15 is 0 Å². The first-order valence-electron chi connectivity index (χ1n) is 12.2. The summed E-state index contributed by atoms with van der Waals surface area (Å²) in [4.78, 5) is 25.4. The third kappa shape index (κ3) is 4.93. The van der Waals surface area contributed by atoms with E-state index in [0.717, 1.165) is 65.3 Å². The van der Waals surface area contributed by atoms with Crippen LogP contribution in [0.25, 0.3) is 10.2 Å². The lowest BCUT2D eigenvalue weighted by atomic mass is 9.77. The van der Waals surface area contributed by atoms with Crippen LogP contribution in [-0.2, 0) is 16.8 Å². The quantitative estimate of drug-likeness (QED) is 0.259. The maximum atomic E-state index is 14.4. The number of ether oxygens (including phenoxy) is 1. The van der Waals surface area contributed by atoms with Crippen LogP contribution in [0.5, 0.6) is 5.75 Å². The first kappa shape index (κ1) is 23.8. The number of aromatic nitrogens is 3. The summed E-state index contributed by atoms with van der Waals surface area (Å²) >= 11 is 7.73. The molecule has 1 saturated carbocycles. The average Bonchev–Trinajstić information content (AvgIpc) is 3.63. The van der Waals surface area contributed by atoms with Gasteiger partial charge in [0.15, 0.2) is 5.13 Å². The maximum Gasteiger partial charge on any atom is 0.239 e. The normalized spacial score (nSPS) is 14.9. The number of imidazole rings is 1. The van der Waals surface area contributed by atoms with Crippen LogP contribution in [0, 0.1) is 0 Å². The molecule has 0 atom stereocenters. The fourth-order valence-corrected chi connectivity index (χ4v) is 6.16. The van der Waals surface area contributed by atoms with E-state index in [9.17, 15) is 4.79 Å². The van der Waals surface area contributed by atoms with Gasteiger partial charge in [-0.15, -0.1) is 0 Å². The van der Waals surface area contributed by atoms with E-state index in [1.807, 2.05) is 71.4 Å². The molecule has 1 amide bonds. The van der Waals surface area contributed by atoms with Crippen LogP contribution in [-0.4, -0.2) is 33.6 Å². The van der Waals surface area contributed by atoms with Crippen molar-refractivity contribution < 1.29 is 9.53 Å². The van der Waals surface area contributed by atoms with Gasteiger partial charge in [-0.1, -0.05) is 47.9 Å². The Morgan fingerprint density at radius 1 is 1.20 bits per heavy atom. The van der Waals surface area contributed by atoms with Gasteiger partial charge < -0.3 is 9.30 Å². The molecule has 2 aromatic heterocycles. The van der Waals surface area contributed by atoms with E-state index in [1.165, 1.54) is 0 Å². The molecule has 4 aromatic rings. The number of amides is 1. The first-order chi connectivity index (χ1) is 17.1. The van der Waals surface area contributed by atoms with Crippen molar-refractivity contribution >= 4 is 44.2 Å². The highest BCUT2D eigenvalue weighted by Gasteiger charge is 2.45. The number of carbonyl (C=O) groups excluding carboxylic acids is 1. The van der Waals surface area contributed by atoms with Crippen LogP contribution < -0.4 is 9.64 Å². The van der Waals surface area contributed by atoms with Crippen molar-refractivity contribution in [3.63, 3.8) is 0 Å². The topological polar surface area (TPSA) is 60.2 Å². The fourth-order valence-electron chi connectivity index (χ4n) is 5.01. The number of aryl methyl sites for hydroxylation is 1. The van der Waals surface area contributed by atoms with E-state index in [0.29, 0.717) is 18.2 Å². The molecule has 2 heterocycles. The Bertz CT molecular complexity index is 1280. The lowest BCUT2D eigenvalue weighted by Gasteiger charge is -2.34. The molecular weight excluding hydrogens is 480 g/mol. The van der Waals surface area contributed by atoms with Gasteiger partial charge in [0, 0.05) is 30.5 Å². The van der Waals surface area contributed by atoms with E-state index in [2.05, 4.69) is 4.98 Å². The van der Waals surface area contributed by atoms with Gasteiger partial charge in [0.05, 0.1) is 28.6 Å². The number of benzene rings is 2. The van der Waals surface area contributed by atoms with Crippen molar-refractivity contribution in [1.29, 1.82) is 0 Å². The van der Waals surface area contributed by atoms with Gasteiger partial charge in [-0.25, -0.2) is 9.97 Å². The zero-order valence-corrected chi connectivity index (χ0v) is 21.4. The molecule has 0 N–H and O–H groups in total. The SMILES string of the molecule is CCOc1ccc2nc(N(CCCn3ccnc3)C(=O)C3(c4ccc(Cl)cc4)CCCC3)sc2c1. The van der Waals surface area contributed by atoms with Gasteiger partial charge >= 0.3 is 0 Å². The second-order valence-corrected chi connectivity index (χ2v) is 10.4. The molecule has 8 heteroatoms. The predicted molar refractivity (Wildman–Crippen MR) is 142 cm³/mol. The Balaban J connectivity index is 1.50. The molecular formula is C27H29ClN4O2S. The molecule has 0 spiro atoms. The molecule has 35 heavy (non-hydrogen) atoms. The summed E-state index contributed by atoms with van der Waals surface area (Å²) in [5.74, 6) is 0.952. The number of rotatable bonds is 9. The van der Waals surface area contributed by atoms with Gasteiger partial charge in [0.2, 0.25) is 5.91 Å². The molecule has 0 unspecified atom stereocenters. The highest BCUT2D eigenvalue weighted by Crippen LogP contribution is 2.44. The van der Waals surface area contributed by atoms with Crippen LogP contribution in [0.15, 0.2) is 61.2 Å². The molecule has 1 aliphatic carbocycles. The number of carbonyl (C=O) groups is 1. The van der Waals surface area contributed by atoms with Crippen LogP contribution >= 0.6 is 22.9 Å². The smallest absolute Gasteiger partial charge is 0.239 e. The zero-order chi connectivity index (χ0) is 24.3. The standard InChI is InChI=1S/C27H29ClN4O2S/c1-2-34-22-10-11-23-24(18-22)35-26(30-23)32(16-5-15-31-17-14-29-19-31)25(33)27(12-3-4-13-27)20-6-8-21(28)9-7-20/h6-11,14,17-19H,2-5,12-13,15-16H2,1H3. The number of hydrogen-bond donors (Lipinski definition) is 0. The van der Waals surface area contributed by atoms with E-state index in [4.69, 9.17) is 21.3 Å². The Hall–Kier alpha value is -2.90. The van der Waals surface area contributed by atoms with E-state index < -0.39 is 5.41 Å². The monoisotopic (exact) mass is 508 g/mol. The predicted octanol–water partition coefficient (Wildman–Crippen LogP) is 6.48. The Kier molecular flexibility index (Phi) is 7.07. The van der Waals surface area contributed by atoms with E-state index in [1.54, 1.807) is 17.5 Å². The number of nitrogens with zero attached hydrogens (tertiary/aromatic N) is 4. The summed E-state index contributed by atoms with van der Waals surface area (Å²) in [5, 5.41) is 1.42. The average molecular weight is 509 g/mol. The van der Waals surface area contributed by atoms with Crippen LogP contribution in [0.4, 0.5) is 5.13 Å². The molecule has 0 aliphatic heterocycles. The largest absolute Gasteiger partial charge is 0.494 e. The van der Waals surface area contributed by atoms with Gasteiger partial charge in [-0.3, -0.25) is 9.69 Å². The number of thiazole rings is 1. The minimum absolute atomic E-state index is 0.132. The number of anilines is 1. The number of halogens is 1. The molecule has 0 saturated heterocycles. The summed E-state index contributed by atoms with van der Waals surface area (Å²) in [5.41, 5.74) is 1.38. The molecule has 1 fully saturated rings. The van der Waals surface area contributed by atoms with Gasteiger partial charge in [-0.05, 0) is 62.1 Å². The summed E-state index contributed by atoms with van der Waals surface area (Å²) in [6.07, 6.45) is 10.1. The second kappa shape index (κ2) is 10.4. The summed E-state index contributed by atoms with van der Waals surface area (Å²) < 4.78 is 8.74. The molecule has 0 bridgehead atoms. The van der Waals surface area contributed by atoms with Crippen molar-refractivity contribution in [2.75, 3.05) is 18.1 Å². The highest BCUT2D eigenvalue weighted by atomic mass is 35.5. The van der Waals surface area contributed by atoms with Crippen LogP contribution in [0.2, 0.25) is 5.02 Å². The molecule has 1 aliphatic rings. The summed E-state index contributed by atoms with van der Waals surface area (Å²) in [6.45, 7) is 3.96. The van der Waals surface area contributed by atoms with Crippen LogP contribution in [0.1, 0.15) is 44.6 Å². The Morgan fingerprint density at radius 2 is 2.00 bits per heavy atom. The molecule has 2 aromatic carbocycles. The Morgan fingerprint density at radius 3 is 2.71 bits per heavy atom. The summed E-state index contributed by atoms with van der Waals surface area (Å²) in [7, 11) is 0. The van der Waals surface area contributed by atoms with Gasteiger partial charge in [-0.2, -0.15) is 0 Å². The summed E-state index contributed by atoms with van der Waals surface area (Å²) in [6, 6.07) is 13.7. The number of hydrogen-bond acceptors (Lipinski definition) is 5. The van der Waals surface area contributed by atoms with Crippen molar-refractivity contribution in [2.24, 2.45) is 0 Å². The minimum atomic E-state index is -0.548. The minimum Gasteiger partial charge on any atom is -0.494 e. The van der Waals surface area contributed by atoms with Crippen molar-refractivity contribution in [2.45, 2.75) is 51.0 Å². The second-order valence-electron chi connectivity index (χ2n) is 8.97. The molecule has 182 valence electrons. The molecule has 6 nitrogen and oxygen atoms in total. The lowest BCUT2D eigenvalue weighted by Crippen LogP contribution is -2.46. The van der Waals surface area contributed by atoms with E-state index in [-0.39, 0.29) is 5.91 Å². The first-order valence-corrected chi connectivity index (χ1v) is 13.4.